The molecule has 0 spiro atoms. The number of phenolic OH excluding ortho intramolecular Hbond substituents is 1. The quantitative estimate of drug-likeness (QED) is 0.803. The molecule has 2 nitrogen and oxygen atoms in total. The van der Waals surface area contributed by atoms with Crippen molar-refractivity contribution in [1.82, 2.24) is 0 Å². The molecule has 1 saturated carbocycles. The van der Waals surface area contributed by atoms with Crippen LogP contribution >= 0.6 is 0 Å². The summed E-state index contributed by atoms with van der Waals surface area (Å²) in [6, 6.07) is 3.96. The number of aromatic hydroxyl groups is 1. The summed E-state index contributed by atoms with van der Waals surface area (Å²) in [5.41, 5.74) is 9.50. The Morgan fingerprint density at radius 3 is 2.19 bits per heavy atom. The lowest BCUT2D eigenvalue weighted by atomic mass is 9.85. The van der Waals surface area contributed by atoms with E-state index in [4.69, 9.17) is 5.73 Å². The van der Waals surface area contributed by atoms with Crippen LogP contribution in [0.3, 0.4) is 0 Å². The number of rotatable bonds is 2. The van der Waals surface area contributed by atoms with Crippen LogP contribution in [-0.4, -0.2) is 11.7 Å². The van der Waals surface area contributed by atoms with E-state index in [0.717, 1.165) is 17.5 Å². The average molecular weight is 219 g/mol. The highest BCUT2D eigenvalue weighted by Gasteiger charge is 2.61. The van der Waals surface area contributed by atoms with Crippen LogP contribution < -0.4 is 5.73 Å². The molecular formula is C14H21NO. The Labute approximate surface area is 97.5 Å². The van der Waals surface area contributed by atoms with E-state index in [-0.39, 0.29) is 10.8 Å². The van der Waals surface area contributed by atoms with Gasteiger partial charge >= 0.3 is 0 Å². The molecule has 1 atom stereocenters. The second-order valence-corrected chi connectivity index (χ2v) is 5.80. The number of phenols is 1. The van der Waals surface area contributed by atoms with Crippen molar-refractivity contribution >= 4 is 0 Å². The van der Waals surface area contributed by atoms with Crippen molar-refractivity contribution in [3.63, 3.8) is 0 Å². The predicted molar refractivity (Wildman–Crippen MR) is 66.7 cm³/mol. The van der Waals surface area contributed by atoms with Crippen LogP contribution in [0, 0.1) is 19.3 Å². The molecule has 0 amide bonds. The number of aryl methyl sites for hydroxylation is 2. The third kappa shape index (κ3) is 1.36. The third-order valence-corrected chi connectivity index (χ3v) is 4.39. The van der Waals surface area contributed by atoms with Crippen molar-refractivity contribution in [2.45, 2.75) is 39.5 Å². The number of hydrogen-bond donors (Lipinski definition) is 2. The Bertz CT molecular complexity index is 437. The van der Waals surface area contributed by atoms with Crippen molar-refractivity contribution < 1.29 is 5.11 Å². The first kappa shape index (κ1) is 11.5. The lowest BCUT2D eigenvalue weighted by Gasteiger charge is -2.21. The van der Waals surface area contributed by atoms with Crippen molar-refractivity contribution in [3.8, 4) is 5.75 Å². The molecule has 0 radical (unpaired) electrons. The Morgan fingerprint density at radius 2 is 1.75 bits per heavy atom. The van der Waals surface area contributed by atoms with Crippen molar-refractivity contribution in [2.75, 3.05) is 6.54 Å². The summed E-state index contributed by atoms with van der Waals surface area (Å²) in [7, 11) is 0. The van der Waals surface area contributed by atoms with Gasteiger partial charge in [-0.05, 0) is 42.9 Å². The van der Waals surface area contributed by atoms with E-state index in [2.05, 4.69) is 26.8 Å². The van der Waals surface area contributed by atoms with E-state index >= 15 is 0 Å². The van der Waals surface area contributed by atoms with Crippen molar-refractivity contribution in [3.05, 3.63) is 28.8 Å². The first-order valence-electron chi connectivity index (χ1n) is 5.85. The zero-order valence-corrected chi connectivity index (χ0v) is 10.6. The maximum Gasteiger partial charge on any atom is 0.119 e. The summed E-state index contributed by atoms with van der Waals surface area (Å²) in [4.78, 5) is 0. The Kier molecular flexibility index (Phi) is 2.32. The first-order valence-corrected chi connectivity index (χ1v) is 5.85. The number of nitrogens with two attached hydrogens (primary N) is 1. The topological polar surface area (TPSA) is 46.2 Å². The predicted octanol–water partition coefficient (Wildman–Crippen LogP) is 2.64. The molecule has 0 bridgehead atoms. The lowest BCUT2D eigenvalue weighted by molar-refractivity contribution is 0.436. The van der Waals surface area contributed by atoms with Crippen LogP contribution in [-0.2, 0) is 5.41 Å². The maximum atomic E-state index is 10.1. The average Bonchev–Trinajstić information content (AvgIpc) is 2.76. The summed E-state index contributed by atoms with van der Waals surface area (Å²) in [6.45, 7) is 9.14. The van der Waals surface area contributed by atoms with Gasteiger partial charge in [0.15, 0.2) is 0 Å². The standard InChI is InChI=1S/C14H21NO/c1-9-5-11(12(16)6-10(9)2)14(8-15)7-13(14,3)4/h5-6,16H,7-8,15H2,1-4H3. The number of hydrogen-bond acceptors (Lipinski definition) is 2. The minimum Gasteiger partial charge on any atom is -0.508 e. The fourth-order valence-corrected chi connectivity index (χ4v) is 2.81. The monoisotopic (exact) mass is 219 g/mol. The third-order valence-electron chi connectivity index (χ3n) is 4.39. The van der Waals surface area contributed by atoms with Crippen LogP contribution in [0.1, 0.15) is 37.0 Å². The molecule has 1 unspecified atom stereocenters. The molecule has 0 saturated heterocycles. The molecule has 1 fully saturated rings. The Hall–Kier alpha value is -1.02. The molecule has 1 aromatic carbocycles. The molecule has 16 heavy (non-hydrogen) atoms. The van der Waals surface area contributed by atoms with Gasteiger partial charge in [-0.15, -0.1) is 0 Å². The van der Waals surface area contributed by atoms with E-state index in [0.29, 0.717) is 12.3 Å². The molecule has 1 aromatic rings. The summed E-state index contributed by atoms with van der Waals surface area (Å²) in [6.07, 6.45) is 1.06. The van der Waals surface area contributed by atoms with E-state index in [1.54, 1.807) is 0 Å². The largest absolute Gasteiger partial charge is 0.508 e. The van der Waals surface area contributed by atoms with E-state index in [1.165, 1.54) is 5.56 Å². The minimum absolute atomic E-state index is 0.0183. The van der Waals surface area contributed by atoms with Crippen molar-refractivity contribution in [2.24, 2.45) is 11.1 Å². The Morgan fingerprint density at radius 1 is 1.25 bits per heavy atom. The van der Waals surface area contributed by atoms with Gasteiger partial charge in [0.2, 0.25) is 0 Å². The summed E-state index contributed by atoms with van der Waals surface area (Å²) in [5.74, 6) is 0.402. The molecule has 0 heterocycles. The second kappa shape index (κ2) is 3.24. The minimum atomic E-state index is -0.0183. The van der Waals surface area contributed by atoms with Gasteiger partial charge in [-0.3, -0.25) is 0 Å². The van der Waals surface area contributed by atoms with Gasteiger partial charge in [0.25, 0.3) is 0 Å². The normalized spacial score (nSPS) is 26.8. The Balaban J connectivity index is 2.53. The van der Waals surface area contributed by atoms with E-state index in [9.17, 15) is 5.11 Å². The van der Waals surface area contributed by atoms with Crippen LogP contribution in [0.5, 0.6) is 5.75 Å². The SMILES string of the molecule is Cc1cc(O)c(C2(CN)CC2(C)C)cc1C. The highest BCUT2D eigenvalue weighted by molar-refractivity contribution is 5.50. The molecule has 1 aliphatic carbocycles. The second-order valence-electron chi connectivity index (χ2n) is 5.80. The fraction of sp³-hybridized carbons (Fsp3) is 0.571. The summed E-state index contributed by atoms with van der Waals surface area (Å²) >= 11 is 0. The lowest BCUT2D eigenvalue weighted by Crippen LogP contribution is -2.25. The molecule has 0 aliphatic heterocycles. The smallest absolute Gasteiger partial charge is 0.119 e. The van der Waals surface area contributed by atoms with Gasteiger partial charge in [0.05, 0.1) is 0 Å². The fourth-order valence-electron chi connectivity index (χ4n) is 2.81. The zero-order chi connectivity index (χ0) is 12.1. The maximum absolute atomic E-state index is 10.1. The molecule has 88 valence electrons. The molecule has 0 aromatic heterocycles. The first-order chi connectivity index (χ1) is 7.34. The van der Waals surface area contributed by atoms with Crippen LogP contribution in [0.2, 0.25) is 0 Å². The van der Waals surface area contributed by atoms with E-state index < -0.39 is 0 Å². The van der Waals surface area contributed by atoms with Gasteiger partial charge in [-0.1, -0.05) is 19.9 Å². The van der Waals surface area contributed by atoms with Crippen LogP contribution in [0.4, 0.5) is 0 Å². The van der Waals surface area contributed by atoms with Crippen LogP contribution in [0.15, 0.2) is 12.1 Å². The molecular weight excluding hydrogens is 198 g/mol. The van der Waals surface area contributed by atoms with Gasteiger partial charge in [-0.25, -0.2) is 0 Å². The highest BCUT2D eigenvalue weighted by Crippen LogP contribution is 2.65. The van der Waals surface area contributed by atoms with E-state index in [1.807, 2.05) is 13.0 Å². The number of benzene rings is 1. The van der Waals surface area contributed by atoms with Gasteiger partial charge < -0.3 is 10.8 Å². The summed E-state index contributed by atoms with van der Waals surface area (Å²) in [5, 5.41) is 10.1. The van der Waals surface area contributed by atoms with Gasteiger partial charge in [0, 0.05) is 17.5 Å². The molecule has 2 heteroatoms. The highest BCUT2D eigenvalue weighted by atomic mass is 16.3. The van der Waals surface area contributed by atoms with Crippen molar-refractivity contribution in [1.29, 1.82) is 0 Å². The van der Waals surface area contributed by atoms with Gasteiger partial charge in [-0.2, -0.15) is 0 Å². The molecule has 3 N–H and O–H groups in total. The zero-order valence-electron chi connectivity index (χ0n) is 10.6. The van der Waals surface area contributed by atoms with Gasteiger partial charge in [0.1, 0.15) is 5.75 Å². The summed E-state index contributed by atoms with van der Waals surface area (Å²) < 4.78 is 0. The molecule has 2 rings (SSSR count). The molecule has 1 aliphatic rings. The van der Waals surface area contributed by atoms with Crippen LogP contribution in [0.25, 0.3) is 0 Å².